The number of nitro benzene ring substituents is 1. The minimum absolute atomic E-state index is 0.0460. The molecule has 1 N–H and O–H groups in total. The number of benzene rings is 1. The minimum Gasteiger partial charge on any atom is -0.370 e. The standard InChI is InChI=1S/C22H33N5O4/c1-4-7-10-21(28)24-23-15-18-14-19(27(30)31)11-12-20(18)26-13-8-9-17(16-26)22(29)25(5-2)6-3/h11-12,14-15,17H,4-10,13,16H2,1-3H3,(H,24,28)/b23-15+. The number of hydrogen-bond acceptors (Lipinski definition) is 6. The van der Waals surface area contributed by atoms with Crippen molar-refractivity contribution in [2.75, 3.05) is 31.1 Å². The molecule has 1 aliphatic rings. The molecule has 1 atom stereocenters. The number of rotatable bonds is 10. The Morgan fingerprint density at radius 2 is 2.06 bits per heavy atom. The van der Waals surface area contributed by atoms with Gasteiger partial charge in [-0.3, -0.25) is 19.7 Å². The number of piperidine rings is 1. The summed E-state index contributed by atoms with van der Waals surface area (Å²) >= 11 is 0. The normalized spacial score (nSPS) is 16.4. The molecular weight excluding hydrogens is 398 g/mol. The summed E-state index contributed by atoms with van der Waals surface area (Å²) in [5.41, 5.74) is 3.75. The van der Waals surface area contributed by atoms with E-state index in [0.29, 0.717) is 31.6 Å². The van der Waals surface area contributed by atoms with E-state index in [9.17, 15) is 19.7 Å². The van der Waals surface area contributed by atoms with Crippen LogP contribution >= 0.6 is 0 Å². The van der Waals surface area contributed by atoms with Crippen LogP contribution in [0.5, 0.6) is 0 Å². The molecule has 1 aliphatic heterocycles. The number of unbranched alkanes of at least 4 members (excludes halogenated alkanes) is 1. The number of hydrogen-bond donors (Lipinski definition) is 1. The predicted molar refractivity (Wildman–Crippen MR) is 121 cm³/mol. The molecule has 1 aromatic rings. The van der Waals surface area contributed by atoms with Gasteiger partial charge in [0.25, 0.3) is 5.69 Å². The molecule has 0 spiro atoms. The molecule has 1 unspecified atom stereocenters. The summed E-state index contributed by atoms with van der Waals surface area (Å²) in [6, 6.07) is 4.61. The molecule has 0 saturated carbocycles. The van der Waals surface area contributed by atoms with Crippen LogP contribution in [0.3, 0.4) is 0 Å². The molecule has 2 rings (SSSR count). The van der Waals surface area contributed by atoms with Crippen molar-refractivity contribution in [1.29, 1.82) is 0 Å². The van der Waals surface area contributed by atoms with E-state index in [1.807, 2.05) is 25.7 Å². The molecule has 1 saturated heterocycles. The summed E-state index contributed by atoms with van der Waals surface area (Å²) in [7, 11) is 0. The highest BCUT2D eigenvalue weighted by atomic mass is 16.6. The number of nitro groups is 1. The molecule has 2 amide bonds. The van der Waals surface area contributed by atoms with Crippen molar-refractivity contribution < 1.29 is 14.5 Å². The van der Waals surface area contributed by atoms with Crippen molar-refractivity contribution in [2.24, 2.45) is 11.0 Å². The quantitative estimate of drug-likeness (QED) is 0.347. The minimum atomic E-state index is -0.455. The zero-order valence-electron chi connectivity index (χ0n) is 18.7. The Morgan fingerprint density at radius 3 is 2.71 bits per heavy atom. The zero-order chi connectivity index (χ0) is 22.8. The third-order valence-corrected chi connectivity index (χ3v) is 5.56. The van der Waals surface area contributed by atoms with E-state index in [1.165, 1.54) is 18.3 Å². The number of carbonyl (C=O) groups is 2. The van der Waals surface area contributed by atoms with Crippen molar-refractivity contribution in [3.8, 4) is 0 Å². The van der Waals surface area contributed by atoms with Gasteiger partial charge in [0, 0.05) is 56.0 Å². The van der Waals surface area contributed by atoms with Crippen LogP contribution in [0, 0.1) is 16.0 Å². The Bertz CT molecular complexity index is 807. The first-order valence-corrected chi connectivity index (χ1v) is 11.0. The average molecular weight is 432 g/mol. The molecule has 31 heavy (non-hydrogen) atoms. The first-order valence-electron chi connectivity index (χ1n) is 11.0. The molecular formula is C22H33N5O4. The smallest absolute Gasteiger partial charge is 0.270 e. The summed E-state index contributed by atoms with van der Waals surface area (Å²) in [6.07, 6.45) is 5.21. The van der Waals surface area contributed by atoms with E-state index in [1.54, 1.807) is 6.07 Å². The Hall–Kier alpha value is -2.97. The number of hydrazone groups is 1. The second-order valence-electron chi connectivity index (χ2n) is 7.69. The summed E-state index contributed by atoms with van der Waals surface area (Å²) < 4.78 is 0. The van der Waals surface area contributed by atoms with E-state index in [4.69, 9.17) is 0 Å². The monoisotopic (exact) mass is 431 g/mol. The van der Waals surface area contributed by atoms with Crippen LogP contribution < -0.4 is 10.3 Å². The maximum absolute atomic E-state index is 12.8. The fourth-order valence-corrected chi connectivity index (χ4v) is 3.80. The van der Waals surface area contributed by atoms with Gasteiger partial charge in [0.1, 0.15) is 0 Å². The molecule has 0 aromatic heterocycles. The Balaban J connectivity index is 2.23. The van der Waals surface area contributed by atoms with Gasteiger partial charge in [0.05, 0.1) is 17.1 Å². The Labute approximate surface area is 183 Å². The molecule has 0 bridgehead atoms. The fourth-order valence-electron chi connectivity index (χ4n) is 3.80. The maximum Gasteiger partial charge on any atom is 0.270 e. The highest BCUT2D eigenvalue weighted by molar-refractivity contribution is 5.90. The van der Waals surface area contributed by atoms with Crippen molar-refractivity contribution >= 4 is 29.4 Å². The number of non-ortho nitro benzene ring substituents is 1. The van der Waals surface area contributed by atoms with Crippen LogP contribution in [0.4, 0.5) is 11.4 Å². The number of nitrogens with one attached hydrogen (secondary N) is 1. The fraction of sp³-hybridized carbons (Fsp3) is 0.591. The van der Waals surface area contributed by atoms with Crippen LogP contribution in [0.25, 0.3) is 0 Å². The number of carbonyl (C=O) groups excluding carboxylic acids is 2. The van der Waals surface area contributed by atoms with E-state index >= 15 is 0 Å². The van der Waals surface area contributed by atoms with E-state index < -0.39 is 4.92 Å². The average Bonchev–Trinajstić information content (AvgIpc) is 2.78. The second-order valence-corrected chi connectivity index (χ2v) is 7.69. The van der Waals surface area contributed by atoms with E-state index in [2.05, 4.69) is 15.4 Å². The van der Waals surface area contributed by atoms with Gasteiger partial charge in [-0.1, -0.05) is 13.3 Å². The summed E-state index contributed by atoms with van der Waals surface area (Å²) in [6.45, 7) is 8.62. The topological polar surface area (TPSA) is 108 Å². The first kappa shape index (κ1) is 24.3. The van der Waals surface area contributed by atoms with Crippen molar-refractivity contribution in [3.05, 3.63) is 33.9 Å². The largest absolute Gasteiger partial charge is 0.370 e. The molecule has 9 nitrogen and oxygen atoms in total. The molecule has 1 fully saturated rings. The lowest BCUT2D eigenvalue weighted by Crippen LogP contribution is -2.45. The van der Waals surface area contributed by atoms with Crippen molar-refractivity contribution in [2.45, 2.75) is 52.9 Å². The molecule has 9 heteroatoms. The number of nitrogens with zero attached hydrogens (tertiary/aromatic N) is 4. The third-order valence-electron chi connectivity index (χ3n) is 5.56. The molecule has 0 aliphatic carbocycles. The van der Waals surface area contributed by atoms with Crippen LogP contribution in [0.2, 0.25) is 0 Å². The molecule has 1 heterocycles. The lowest BCUT2D eigenvalue weighted by Gasteiger charge is -2.36. The van der Waals surface area contributed by atoms with Crippen LogP contribution in [0.1, 0.15) is 58.4 Å². The predicted octanol–water partition coefficient (Wildman–Crippen LogP) is 3.32. The third kappa shape index (κ3) is 6.77. The van der Waals surface area contributed by atoms with Crippen molar-refractivity contribution in [1.82, 2.24) is 10.3 Å². The Kier molecular flexibility index (Phi) is 9.42. The first-order chi connectivity index (χ1) is 14.9. The van der Waals surface area contributed by atoms with Crippen molar-refractivity contribution in [3.63, 3.8) is 0 Å². The van der Waals surface area contributed by atoms with Gasteiger partial charge < -0.3 is 9.80 Å². The number of amides is 2. The maximum atomic E-state index is 12.8. The van der Waals surface area contributed by atoms with E-state index in [0.717, 1.165) is 37.9 Å². The van der Waals surface area contributed by atoms with Crippen LogP contribution in [-0.4, -0.2) is 54.0 Å². The van der Waals surface area contributed by atoms with Gasteiger partial charge in [0.2, 0.25) is 11.8 Å². The Morgan fingerprint density at radius 1 is 1.32 bits per heavy atom. The number of anilines is 1. The molecule has 170 valence electrons. The summed E-state index contributed by atoms with van der Waals surface area (Å²) in [5, 5.41) is 15.3. The van der Waals surface area contributed by atoms with Gasteiger partial charge in [0.15, 0.2) is 0 Å². The van der Waals surface area contributed by atoms with Gasteiger partial charge >= 0.3 is 0 Å². The SMILES string of the molecule is CCCCC(=O)N/N=C/c1cc([N+](=O)[O-])ccc1N1CCCC(C(=O)N(CC)CC)C1. The highest BCUT2D eigenvalue weighted by Gasteiger charge is 2.29. The lowest BCUT2D eigenvalue weighted by atomic mass is 9.95. The molecule has 0 radical (unpaired) electrons. The zero-order valence-corrected chi connectivity index (χ0v) is 18.7. The lowest BCUT2D eigenvalue weighted by molar-refractivity contribution is -0.384. The van der Waals surface area contributed by atoms with Gasteiger partial charge in [-0.05, 0) is 39.2 Å². The van der Waals surface area contributed by atoms with Gasteiger partial charge in [-0.25, -0.2) is 5.43 Å². The second kappa shape index (κ2) is 12.0. The van der Waals surface area contributed by atoms with Gasteiger partial charge in [-0.2, -0.15) is 5.10 Å². The highest BCUT2D eigenvalue weighted by Crippen LogP contribution is 2.29. The van der Waals surface area contributed by atoms with E-state index in [-0.39, 0.29) is 23.4 Å². The molecule has 1 aromatic carbocycles. The summed E-state index contributed by atoms with van der Waals surface area (Å²) in [5.74, 6) is -0.148. The van der Waals surface area contributed by atoms with Crippen LogP contribution in [-0.2, 0) is 9.59 Å². The van der Waals surface area contributed by atoms with Crippen LogP contribution in [0.15, 0.2) is 23.3 Å². The summed E-state index contributed by atoms with van der Waals surface area (Å²) in [4.78, 5) is 39.4. The van der Waals surface area contributed by atoms with Gasteiger partial charge in [-0.15, -0.1) is 0 Å².